The normalized spacial score (nSPS) is 9.57. The lowest BCUT2D eigenvalue weighted by Gasteiger charge is -2.05. The molecule has 23 heavy (non-hydrogen) atoms. The van der Waals surface area contributed by atoms with Gasteiger partial charge in [-0.2, -0.15) is 0 Å². The van der Waals surface area contributed by atoms with Gasteiger partial charge in [-0.25, -0.2) is 4.98 Å². The molecule has 0 saturated heterocycles. The Morgan fingerprint density at radius 2 is 1.78 bits per heavy atom. The van der Waals surface area contributed by atoms with E-state index in [1.165, 1.54) is 0 Å². The number of anilines is 1. The number of hydrogen-bond acceptors (Lipinski definition) is 3. The summed E-state index contributed by atoms with van der Waals surface area (Å²) in [5, 5.41) is 2.85. The van der Waals surface area contributed by atoms with Crippen LogP contribution in [0, 0.1) is 11.8 Å². The summed E-state index contributed by atoms with van der Waals surface area (Å²) in [6.45, 7) is 0. The Balaban J connectivity index is 1.76. The lowest BCUT2D eigenvalue weighted by Crippen LogP contribution is -2.11. The number of amides is 1. The van der Waals surface area contributed by atoms with Crippen LogP contribution in [0.5, 0.6) is 0 Å². The van der Waals surface area contributed by atoms with Gasteiger partial charge in [-0.15, -0.1) is 0 Å². The van der Waals surface area contributed by atoms with Crippen molar-refractivity contribution in [1.29, 1.82) is 0 Å². The van der Waals surface area contributed by atoms with Gasteiger partial charge in [0.15, 0.2) is 0 Å². The average molecular weight is 299 g/mol. The lowest BCUT2D eigenvalue weighted by atomic mass is 10.2. The number of rotatable bonds is 2. The first kappa shape index (κ1) is 14.5. The van der Waals surface area contributed by atoms with Gasteiger partial charge in [0.1, 0.15) is 5.69 Å². The Bertz CT molecular complexity index is 865. The predicted molar refractivity (Wildman–Crippen MR) is 88.8 cm³/mol. The fourth-order valence-electron chi connectivity index (χ4n) is 1.95. The van der Waals surface area contributed by atoms with Gasteiger partial charge < -0.3 is 5.32 Å². The summed E-state index contributed by atoms with van der Waals surface area (Å²) in [4.78, 5) is 20.2. The Morgan fingerprint density at radius 1 is 0.913 bits per heavy atom. The lowest BCUT2D eigenvalue weighted by molar-refractivity contribution is 0.102. The van der Waals surface area contributed by atoms with Crippen molar-refractivity contribution in [3.05, 3.63) is 90.0 Å². The maximum atomic E-state index is 12.1. The van der Waals surface area contributed by atoms with E-state index in [0.29, 0.717) is 16.9 Å². The van der Waals surface area contributed by atoms with Crippen LogP contribution < -0.4 is 5.32 Å². The molecule has 1 amide bonds. The van der Waals surface area contributed by atoms with Crippen LogP contribution in [0.15, 0.2) is 73.2 Å². The number of carbonyl (C=O) groups excluding carboxylic acids is 1. The molecule has 0 aliphatic heterocycles. The zero-order valence-corrected chi connectivity index (χ0v) is 12.2. The zero-order valence-electron chi connectivity index (χ0n) is 12.2. The Hall–Kier alpha value is -3.45. The standard InChI is InChI=1S/C19H13N3O/c23-19(16-9-12-20-13-10-16)22-18-6-3-4-15(14-18)7-8-17-5-1-2-11-21-17/h1-6,9-14H,(H,22,23). The summed E-state index contributed by atoms with van der Waals surface area (Å²) >= 11 is 0. The van der Waals surface area contributed by atoms with Crippen molar-refractivity contribution < 1.29 is 4.79 Å². The third kappa shape index (κ3) is 4.02. The predicted octanol–water partition coefficient (Wildman–Crippen LogP) is 3.13. The highest BCUT2D eigenvalue weighted by Crippen LogP contribution is 2.11. The van der Waals surface area contributed by atoms with Crippen LogP contribution in [0.25, 0.3) is 0 Å². The van der Waals surface area contributed by atoms with Crippen LogP contribution in [0.2, 0.25) is 0 Å². The number of hydrogen-bond donors (Lipinski definition) is 1. The first-order valence-corrected chi connectivity index (χ1v) is 7.06. The molecule has 4 heteroatoms. The third-order valence-electron chi connectivity index (χ3n) is 3.06. The smallest absolute Gasteiger partial charge is 0.255 e. The van der Waals surface area contributed by atoms with Crippen molar-refractivity contribution in [1.82, 2.24) is 9.97 Å². The monoisotopic (exact) mass is 299 g/mol. The fraction of sp³-hybridized carbons (Fsp3) is 0. The molecular weight excluding hydrogens is 286 g/mol. The quantitative estimate of drug-likeness (QED) is 0.740. The fourth-order valence-corrected chi connectivity index (χ4v) is 1.95. The van der Waals surface area contributed by atoms with E-state index in [4.69, 9.17) is 0 Å². The summed E-state index contributed by atoms with van der Waals surface area (Å²) in [5.41, 5.74) is 2.77. The number of benzene rings is 1. The molecule has 3 rings (SSSR count). The molecular formula is C19H13N3O. The minimum atomic E-state index is -0.178. The van der Waals surface area contributed by atoms with Gasteiger partial charge in [0.2, 0.25) is 0 Å². The molecule has 3 aromatic rings. The Kier molecular flexibility index (Phi) is 4.41. The van der Waals surface area contributed by atoms with Gasteiger partial charge in [0, 0.05) is 35.4 Å². The molecule has 1 aromatic carbocycles. The van der Waals surface area contributed by atoms with E-state index in [-0.39, 0.29) is 5.91 Å². The second-order valence-electron chi connectivity index (χ2n) is 4.74. The van der Waals surface area contributed by atoms with Crippen LogP contribution in [0.1, 0.15) is 21.6 Å². The average Bonchev–Trinajstić information content (AvgIpc) is 2.62. The molecule has 0 atom stereocenters. The molecule has 0 fully saturated rings. The van der Waals surface area contributed by atoms with Gasteiger partial charge in [-0.1, -0.05) is 18.1 Å². The molecule has 0 saturated carbocycles. The minimum Gasteiger partial charge on any atom is -0.322 e. The van der Waals surface area contributed by atoms with Gasteiger partial charge in [0.25, 0.3) is 5.91 Å². The maximum absolute atomic E-state index is 12.1. The van der Waals surface area contributed by atoms with Crippen LogP contribution in [-0.4, -0.2) is 15.9 Å². The van der Waals surface area contributed by atoms with E-state index in [2.05, 4.69) is 27.1 Å². The highest BCUT2D eigenvalue weighted by Gasteiger charge is 2.05. The Morgan fingerprint density at radius 3 is 2.57 bits per heavy atom. The second kappa shape index (κ2) is 7.01. The summed E-state index contributed by atoms with van der Waals surface area (Å²) < 4.78 is 0. The van der Waals surface area contributed by atoms with Crippen molar-refractivity contribution >= 4 is 11.6 Å². The molecule has 0 unspecified atom stereocenters. The van der Waals surface area contributed by atoms with Crippen molar-refractivity contribution in [3.63, 3.8) is 0 Å². The maximum Gasteiger partial charge on any atom is 0.255 e. The zero-order chi connectivity index (χ0) is 15.9. The first-order valence-electron chi connectivity index (χ1n) is 7.06. The molecule has 0 bridgehead atoms. The van der Waals surface area contributed by atoms with Crippen LogP contribution >= 0.6 is 0 Å². The van der Waals surface area contributed by atoms with Crippen molar-refractivity contribution in [2.45, 2.75) is 0 Å². The van der Waals surface area contributed by atoms with Crippen LogP contribution in [-0.2, 0) is 0 Å². The summed E-state index contributed by atoms with van der Waals surface area (Å²) in [6.07, 6.45) is 4.88. The molecule has 4 nitrogen and oxygen atoms in total. The molecule has 2 heterocycles. The Labute approximate surface area is 134 Å². The van der Waals surface area contributed by atoms with Crippen molar-refractivity contribution in [2.75, 3.05) is 5.32 Å². The van der Waals surface area contributed by atoms with Gasteiger partial charge in [-0.3, -0.25) is 9.78 Å². The molecule has 0 spiro atoms. The van der Waals surface area contributed by atoms with Gasteiger partial charge in [0.05, 0.1) is 0 Å². The molecule has 1 N–H and O–H groups in total. The van der Waals surface area contributed by atoms with E-state index >= 15 is 0 Å². The van der Waals surface area contributed by atoms with E-state index in [0.717, 1.165) is 5.56 Å². The highest BCUT2D eigenvalue weighted by atomic mass is 16.1. The number of pyridine rings is 2. The van der Waals surface area contributed by atoms with Crippen LogP contribution in [0.4, 0.5) is 5.69 Å². The van der Waals surface area contributed by atoms with Crippen molar-refractivity contribution in [3.8, 4) is 11.8 Å². The summed E-state index contributed by atoms with van der Waals surface area (Å²) in [6, 6.07) is 16.3. The van der Waals surface area contributed by atoms with E-state index in [1.807, 2.05) is 42.5 Å². The number of nitrogens with one attached hydrogen (secondary N) is 1. The molecule has 110 valence electrons. The van der Waals surface area contributed by atoms with E-state index in [9.17, 15) is 4.79 Å². The largest absolute Gasteiger partial charge is 0.322 e. The topological polar surface area (TPSA) is 54.9 Å². The molecule has 2 aromatic heterocycles. The third-order valence-corrected chi connectivity index (χ3v) is 3.06. The second-order valence-corrected chi connectivity index (χ2v) is 4.74. The summed E-state index contributed by atoms with van der Waals surface area (Å²) in [5.74, 6) is 5.85. The van der Waals surface area contributed by atoms with Gasteiger partial charge >= 0.3 is 0 Å². The minimum absolute atomic E-state index is 0.178. The number of aromatic nitrogens is 2. The molecule has 0 radical (unpaired) electrons. The SMILES string of the molecule is O=C(Nc1cccc(C#Cc2ccccn2)c1)c1ccncc1. The first-order chi connectivity index (χ1) is 11.3. The van der Waals surface area contributed by atoms with Crippen LogP contribution in [0.3, 0.4) is 0 Å². The van der Waals surface area contributed by atoms with E-state index < -0.39 is 0 Å². The number of carbonyl (C=O) groups is 1. The van der Waals surface area contributed by atoms with Crippen molar-refractivity contribution in [2.24, 2.45) is 0 Å². The highest BCUT2D eigenvalue weighted by molar-refractivity contribution is 6.04. The van der Waals surface area contributed by atoms with E-state index in [1.54, 1.807) is 30.7 Å². The molecule has 0 aliphatic rings. The number of nitrogens with zero attached hydrogens (tertiary/aromatic N) is 2. The summed E-state index contributed by atoms with van der Waals surface area (Å²) in [7, 11) is 0. The molecule has 0 aliphatic carbocycles. The van der Waals surface area contributed by atoms with Gasteiger partial charge in [-0.05, 0) is 48.4 Å².